The molecule has 1 atom stereocenters. The van der Waals surface area contributed by atoms with E-state index < -0.39 is 22.8 Å². The molecule has 1 unspecified atom stereocenters. The lowest BCUT2D eigenvalue weighted by Crippen LogP contribution is -2.03. The van der Waals surface area contributed by atoms with Crippen molar-refractivity contribution in [2.45, 2.75) is 12.3 Å². The van der Waals surface area contributed by atoms with Gasteiger partial charge in [-0.05, 0) is 31.2 Å². The van der Waals surface area contributed by atoms with E-state index in [0.717, 1.165) is 18.2 Å². The zero-order chi connectivity index (χ0) is 15.1. The van der Waals surface area contributed by atoms with Crippen LogP contribution in [-0.2, 0) is 0 Å². The van der Waals surface area contributed by atoms with Crippen LogP contribution in [0.3, 0.4) is 0 Å². The molecule has 0 saturated heterocycles. The lowest BCUT2D eigenvalue weighted by molar-refractivity contribution is 0.581. The minimum atomic E-state index is -0.726. The van der Waals surface area contributed by atoms with Gasteiger partial charge in [-0.2, -0.15) is 0 Å². The number of halogens is 4. The van der Waals surface area contributed by atoms with Crippen LogP contribution in [0.5, 0.6) is 0 Å². The number of hydrogen-bond donors (Lipinski definition) is 0. The molecule has 6 heteroatoms. The maximum absolute atomic E-state index is 13.5. The predicted molar refractivity (Wildman–Crippen MR) is 75.2 cm³/mol. The van der Waals surface area contributed by atoms with E-state index in [0.29, 0.717) is 16.9 Å². The molecule has 1 aromatic heterocycles. The number of rotatable bonds is 2. The van der Waals surface area contributed by atoms with Crippen LogP contribution in [0, 0.1) is 17.5 Å². The van der Waals surface area contributed by atoms with Crippen molar-refractivity contribution in [3.8, 4) is 5.69 Å². The number of imidazole rings is 1. The highest BCUT2D eigenvalue weighted by atomic mass is 35.5. The zero-order valence-corrected chi connectivity index (χ0v) is 11.7. The molecule has 0 N–H and O–H groups in total. The fraction of sp³-hybridized carbons (Fsp3) is 0.133. The summed E-state index contributed by atoms with van der Waals surface area (Å²) in [6.07, 6.45) is 0. The van der Waals surface area contributed by atoms with Crippen molar-refractivity contribution >= 4 is 22.6 Å². The minimum Gasteiger partial charge on any atom is -0.295 e. The topological polar surface area (TPSA) is 17.8 Å². The predicted octanol–water partition coefficient (Wildman–Crippen LogP) is 4.74. The molecule has 3 rings (SSSR count). The van der Waals surface area contributed by atoms with E-state index >= 15 is 0 Å². The Morgan fingerprint density at radius 1 is 1.00 bits per heavy atom. The molecule has 2 aromatic carbocycles. The molecule has 0 fully saturated rings. The molecule has 3 aromatic rings. The third-order valence-corrected chi connectivity index (χ3v) is 3.30. The second kappa shape index (κ2) is 5.07. The molecule has 0 bridgehead atoms. The Bertz CT molecular complexity index is 807. The summed E-state index contributed by atoms with van der Waals surface area (Å²) in [6.45, 7) is 1.69. The Morgan fingerprint density at radius 2 is 1.67 bits per heavy atom. The quantitative estimate of drug-likeness (QED) is 0.625. The molecule has 0 saturated carbocycles. The van der Waals surface area contributed by atoms with Crippen molar-refractivity contribution in [2.24, 2.45) is 0 Å². The SMILES string of the molecule is CC(Cl)c1nc2ccc(F)cc2n1-c1cc(F)cc(F)c1. The minimum absolute atomic E-state index is 0.211. The van der Waals surface area contributed by atoms with Gasteiger partial charge in [-0.3, -0.25) is 4.57 Å². The molecular weight excluding hydrogens is 301 g/mol. The summed E-state index contributed by atoms with van der Waals surface area (Å²) < 4.78 is 41.8. The van der Waals surface area contributed by atoms with Gasteiger partial charge in [-0.15, -0.1) is 11.6 Å². The molecule has 0 radical (unpaired) electrons. The van der Waals surface area contributed by atoms with Crippen LogP contribution >= 0.6 is 11.6 Å². The number of benzene rings is 2. The van der Waals surface area contributed by atoms with Gasteiger partial charge in [0.15, 0.2) is 0 Å². The maximum atomic E-state index is 13.5. The summed E-state index contributed by atoms with van der Waals surface area (Å²) in [5.41, 5.74) is 1.12. The fourth-order valence-electron chi connectivity index (χ4n) is 2.27. The van der Waals surface area contributed by atoms with Crippen LogP contribution in [0.2, 0.25) is 0 Å². The van der Waals surface area contributed by atoms with Crippen LogP contribution in [-0.4, -0.2) is 9.55 Å². The largest absolute Gasteiger partial charge is 0.295 e. The number of nitrogens with zero attached hydrogens (tertiary/aromatic N) is 2. The maximum Gasteiger partial charge on any atom is 0.132 e. The van der Waals surface area contributed by atoms with Gasteiger partial charge in [0.25, 0.3) is 0 Å². The zero-order valence-electron chi connectivity index (χ0n) is 10.9. The molecule has 108 valence electrons. The van der Waals surface area contributed by atoms with Gasteiger partial charge < -0.3 is 0 Å². The number of hydrogen-bond acceptors (Lipinski definition) is 1. The Hall–Kier alpha value is -2.01. The van der Waals surface area contributed by atoms with E-state index in [9.17, 15) is 13.2 Å². The van der Waals surface area contributed by atoms with Gasteiger partial charge in [0.05, 0.1) is 22.1 Å². The first-order chi connectivity index (χ1) is 9.95. The lowest BCUT2D eigenvalue weighted by atomic mass is 10.2. The third kappa shape index (κ3) is 2.49. The fourth-order valence-corrected chi connectivity index (χ4v) is 2.42. The Morgan fingerprint density at radius 3 is 2.29 bits per heavy atom. The average molecular weight is 311 g/mol. The van der Waals surface area contributed by atoms with E-state index in [4.69, 9.17) is 11.6 Å². The Balaban J connectivity index is 2.38. The van der Waals surface area contributed by atoms with Crippen molar-refractivity contribution in [3.05, 3.63) is 59.7 Å². The number of alkyl halides is 1. The van der Waals surface area contributed by atoms with Gasteiger partial charge in [0.2, 0.25) is 0 Å². The summed E-state index contributed by atoms with van der Waals surface area (Å²) in [4.78, 5) is 4.31. The van der Waals surface area contributed by atoms with Crippen molar-refractivity contribution in [1.82, 2.24) is 9.55 Å². The molecule has 2 nitrogen and oxygen atoms in total. The molecule has 21 heavy (non-hydrogen) atoms. The standard InChI is InChI=1S/C15H10ClF3N2/c1-8(16)15-20-13-3-2-9(17)7-14(13)21(15)12-5-10(18)4-11(19)6-12/h2-8H,1H3. The second-order valence-corrected chi connectivity index (χ2v) is 5.34. The van der Waals surface area contributed by atoms with Gasteiger partial charge in [0, 0.05) is 12.1 Å². The molecule has 0 aliphatic rings. The molecular formula is C15H10ClF3N2. The smallest absolute Gasteiger partial charge is 0.132 e. The van der Waals surface area contributed by atoms with Gasteiger partial charge in [-0.1, -0.05) is 0 Å². The van der Waals surface area contributed by atoms with E-state index in [2.05, 4.69) is 4.98 Å². The van der Waals surface area contributed by atoms with Crippen molar-refractivity contribution in [1.29, 1.82) is 0 Å². The first kappa shape index (κ1) is 13.9. The summed E-state index contributed by atoms with van der Waals surface area (Å²) in [5.74, 6) is -1.52. The second-order valence-electron chi connectivity index (χ2n) is 4.68. The lowest BCUT2D eigenvalue weighted by Gasteiger charge is -2.11. The van der Waals surface area contributed by atoms with E-state index in [1.54, 1.807) is 6.92 Å². The molecule has 0 amide bonds. The average Bonchev–Trinajstić information content (AvgIpc) is 2.76. The number of aromatic nitrogens is 2. The van der Waals surface area contributed by atoms with Crippen LogP contribution in [0.4, 0.5) is 13.2 Å². The first-order valence-electron chi connectivity index (χ1n) is 6.24. The Kier molecular flexibility index (Phi) is 3.37. The van der Waals surface area contributed by atoms with E-state index in [1.165, 1.54) is 22.8 Å². The molecule has 0 aliphatic carbocycles. The van der Waals surface area contributed by atoms with Crippen molar-refractivity contribution in [2.75, 3.05) is 0 Å². The highest BCUT2D eigenvalue weighted by molar-refractivity contribution is 6.20. The third-order valence-electron chi connectivity index (χ3n) is 3.10. The van der Waals surface area contributed by atoms with Crippen molar-refractivity contribution in [3.63, 3.8) is 0 Å². The van der Waals surface area contributed by atoms with Crippen LogP contribution < -0.4 is 0 Å². The monoisotopic (exact) mass is 310 g/mol. The van der Waals surface area contributed by atoms with Crippen LogP contribution in [0.15, 0.2) is 36.4 Å². The molecule has 0 aliphatic heterocycles. The first-order valence-corrected chi connectivity index (χ1v) is 6.68. The summed E-state index contributed by atoms with van der Waals surface area (Å²) >= 11 is 6.08. The summed E-state index contributed by atoms with van der Waals surface area (Å²) in [6, 6.07) is 7.10. The number of fused-ring (bicyclic) bond motifs is 1. The van der Waals surface area contributed by atoms with E-state index in [1.807, 2.05) is 0 Å². The summed E-state index contributed by atoms with van der Waals surface area (Å²) in [5, 5.41) is -0.508. The highest BCUT2D eigenvalue weighted by Crippen LogP contribution is 2.29. The molecule has 1 heterocycles. The Labute approximate surface area is 123 Å². The van der Waals surface area contributed by atoms with Gasteiger partial charge >= 0.3 is 0 Å². The van der Waals surface area contributed by atoms with Crippen molar-refractivity contribution < 1.29 is 13.2 Å². The van der Waals surface area contributed by atoms with Crippen LogP contribution in [0.25, 0.3) is 16.7 Å². The van der Waals surface area contributed by atoms with Gasteiger partial charge in [0.1, 0.15) is 23.3 Å². The van der Waals surface area contributed by atoms with Gasteiger partial charge in [-0.25, -0.2) is 18.2 Å². The molecule has 0 spiro atoms. The van der Waals surface area contributed by atoms with E-state index in [-0.39, 0.29) is 5.69 Å². The highest BCUT2D eigenvalue weighted by Gasteiger charge is 2.18. The normalized spacial score (nSPS) is 12.8. The van der Waals surface area contributed by atoms with Crippen LogP contribution in [0.1, 0.15) is 18.1 Å². The summed E-state index contributed by atoms with van der Waals surface area (Å²) in [7, 11) is 0.